The molecule has 0 fully saturated rings. The Kier molecular flexibility index (Phi) is 10.7. The second-order valence-electron chi connectivity index (χ2n) is 6.73. The molecule has 1 unspecified atom stereocenters. The molecule has 0 aliphatic rings. The van der Waals surface area contributed by atoms with Crippen molar-refractivity contribution in [2.45, 2.75) is 57.2 Å². The summed E-state index contributed by atoms with van der Waals surface area (Å²) in [5, 5.41) is 3.39. The second kappa shape index (κ2) is 12.7. The van der Waals surface area contributed by atoms with Crippen LogP contribution in [0.3, 0.4) is 0 Å². The van der Waals surface area contributed by atoms with E-state index in [2.05, 4.69) is 22.9 Å². The molecule has 0 aliphatic carbocycles. The first-order valence-corrected chi connectivity index (χ1v) is 11.8. The van der Waals surface area contributed by atoms with E-state index >= 15 is 0 Å². The van der Waals surface area contributed by atoms with Crippen molar-refractivity contribution in [2.75, 3.05) is 18.5 Å². The van der Waals surface area contributed by atoms with E-state index in [1.807, 2.05) is 30.3 Å². The maximum Gasteiger partial charge on any atom is 0.145 e. The van der Waals surface area contributed by atoms with Gasteiger partial charge in [0.15, 0.2) is 0 Å². The van der Waals surface area contributed by atoms with E-state index in [1.54, 1.807) is 0 Å². The third-order valence-electron chi connectivity index (χ3n) is 4.50. The van der Waals surface area contributed by atoms with Crippen molar-refractivity contribution in [2.24, 2.45) is 0 Å². The van der Waals surface area contributed by atoms with Crippen molar-refractivity contribution < 1.29 is 9.47 Å². The summed E-state index contributed by atoms with van der Waals surface area (Å²) in [5.74, 6) is 1.50. The van der Waals surface area contributed by atoms with Gasteiger partial charge in [-0.3, -0.25) is 0 Å². The summed E-state index contributed by atoms with van der Waals surface area (Å²) < 4.78 is 12.0. The molecule has 0 spiro atoms. The van der Waals surface area contributed by atoms with Crippen molar-refractivity contribution in [1.29, 1.82) is 0 Å². The Morgan fingerprint density at radius 2 is 1.70 bits per heavy atom. The predicted octanol–water partition coefficient (Wildman–Crippen LogP) is 8.00. The van der Waals surface area contributed by atoms with Crippen LogP contribution < -0.4 is 9.47 Å². The summed E-state index contributed by atoms with van der Waals surface area (Å²) in [6, 6.07) is 9.90. The number of unbranched alkanes of at least 4 members (excludes halogenated alkanes) is 5. The van der Waals surface area contributed by atoms with Crippen LogP contribution >= 0.6 is 39.1 Å². The lowest BCUT2D eigenvalue weighted by Gasteiger charge is -2.16. The fourth-order valence-corrected chi connectivity index (χ4v) is 4.23. The maximum atomic E-state index is 6.52. The van der Waals surface area contributed by atoms with Gasteiger partial charge in [-0.1, -0.05) is 90.8 Å². The topological polar surface area (TPSA) is 18.5 Å². The van der Waals surface area contributed by atoms with Gasteiger partial charge in [0.2, 0.25) is 0 Å². The number of hydrogen-bond acceptors (Lipinski definition) is 2. The highest BCUT2D eigenvalue weighted by molar-refractivity contribution is 9.09. The molecule has 0 aliphatic heterocycles. The number of rotatable bonds is 13. The molecule has 2 aromatic rings. The fourth-order valence-electron chi connectivity index (χ4n) is 2.99. The Labute approximate surface area is 181 Å². The van der Waals surface area contributed by atoms with Gasteiger partial charge in [-0.05, 0) is 12.8 Å². The van der Waals surface area contributed by atoms with E-state index < -0.39 is 0 Å². The molecule has 0 amide bonds. The van der Waals surface area contributed by atoms with Crippen LogP contribution in [0.25, 0.3) is 10.8 Å². The van der Waals surface area contributed by atoms with Crippen LogP contribution in [-0.2, 0) is 0 Å². The van der Waals surface area contributed by atoms with Gasteiger partial charge < -0.3 is 9.47 Å². The Bertz CT molecular complexity index is 693. The SMILES string of the molecule is CCCCCCCCOc1c(Cl)cc(OCC(Cl)CCBr)c2ccccc12. The Morgan fingerprint density at radius 3 is 2.44 bits per heavy atom. The van der Waals surface area contributed by atoms with Crippen LogP contribution in [0, 0.1) is 0 Å². The van der Waals surface area contributed by atoms with Crippen molar-refractivity contribution in [3.63, 3.8) is 0 Å². The fraction of sp³-hybridized carbons (Fsp3) is 0.545. The molecule has 2 rings (SSSR count). The highest BCUT2D eigenvalue weighted by atomic mass is 79.9. The van der Waals surface area contributed by atoms with Gasteiger partial charge in [-0.2, -0.15) is 0 Å². The number of halogens is 3. The van der Waals surface area contributed by atoms with Gasteiger partial charge in [0, 0.05) is 22.2 Å². The monoisotopic (exact) mass is 474 g/mol. The first-order valence-electron chi connectivity index (χ1n) is 9.84. The minimum atomic E-state index is -0.0365. The molecule has 1 atom stereocenters. The molecule has 27 heavy (non-hydrogen) atoms. The summed E-state index contributed by atoms with van der Waals surface area (Å²) in [6.45, 7) is 3.37. The zero-order valence-corrected chi connectivity index (χ0v) is 19.1. The molecule has 0 heterocycles. The van der Waals surface area contributed by atoms with Gasteiger partial charge in [0.1, 0.15) is 18.1 Å². The number of ether oxygens (including phenoxy) is 2. The highest BCUT2D eigenvalue weighted by Crippen LogP contribution is 2.40. The molecular formula is C22H29BrCl2O2. The third kappa shape index (κ3) is 7.36. The van der Waals surface area contributed by atoms with Gasteiger partial charge >= 0.3 is 0 Å². The van der Waals surface area contributed by atoms with Crippen LogP contribution in [0.2, 0.25) is 5.02 Å². The molecule has 0 N–H and O–H groups in total. The lowest BCUT2D eigenvalue weighted by Crippen LogP contribution is -2.12. The van der Waals surface area contributed by atoms with E-state index in [1.165, 1.54) is 32.1 Å². The van der Waals surface area contributed by atoms with E-state index in [-0.39, 0.29) is 5.38 Å². The number of hydrogen-bond donors (Lipinski definition) is 0. The van der Waals surface area contributed by atoms with E-state index in [0.29, 0.717) is 18.2 Å². The smallest absolute Gasteiger partial charge is 0.145 e. The van der Waals surface area contributed by atoms with Crippen molar-refractivity contribution >= 4 is 49.9 Å². The summed E-state index contributed by atoms with van der Waals surface area (Å²) in [4.78, 5) is 0. The molecule has 0 saturated carbocycles. The normalized spacial score (nSPS) is 12.3. The van der Waals surface area contributed by atoms with E-state index in [0.717, 1.165) is 40.4 Å². The zero-order valence-electron chi connectivity index (χ0n) is 16.0. The summed E-state index contributed by atoms with van der Waals surface area (Å²) >= 11 is 16.2. The quantitative estimate of drug-likeness (QED) is 0.215. The minimum Gasteiger partial charge on any atom is -0.491 e. The summed E-state index contributed by atoms with van der Waals surface area (Å²) in [7, 11) is 0. The third-order valence-corrected chi connectivity index (χ3v) is 5.58. The number of benzene rings is 2. The van der Waals surface area contributed by atoms with Crippen LogP contribution in [-0.4, -0.2) is 23.9 Å². The first kappa shape index (κ1) is 22.6. The summed E-state index contributed by atoms with van der Waals surface area (Å²) in [6.07, 6.45) is 8.27. The van der Waals surface area contributed by atoms with Gasteiger partial charge in [0.05, 0.1) is 17.0 Å². The standard InChI is InChI=1S/C22H29BrCl2O2/c1-2-3-4-5-6-9-14-26-22-19-11-8-7-10-18(19)21(15-20(22)25)27-16-17(24)12-13-23/h7-8,10-11,15,17H,2-6,9,12-14,16H2,1H3. The maximum absolute atomic E-state index is 6.52. The van der Waals surface area contributed by atoms with Gasteiger partial charge in [-0.15, -0.1) is 11.6 Å². The first-order chi connectivity index (χ1) is 13.2. The Morgan fingerprint density at radius 1 is 1.00 bits per heavy atom. The average Bonchev–Trinajstić information content (AvgIpc) is 2.67. The van der Waals surface area contributed by atoms with Crippen LogP contribution in [0.5, 0.6) is 11.5 Å². The van der Waals surface area contributed by atoms with Gasteiger partial charge in [0.25, 0.3) is 0 Å². The highest BCUT2D eigenvalue weighted by Gasteiger charge is 2.14. The minimum absolute atomic E-state index is 0.0365. The van der Waals surface area contributed by atoms with E-state index in [9.17, 15) is 0 Å². The Balaban J connectivity index is 2.03. The van der Waals surface area contributed by atoms with Crippen LogP contribution in [0.4, 0.5) is 0 Å². The molecule has 2 nitrogen and oxygen atoms in total. The van der Waals surface area contributed by atoms with Gasteiger partial charge in [-0.25, -0.2) is 0 Å². The largest absolute Gasteiger partial charge is 0.491 e. The van der Waals surface area contributed by atoms with Crippen molar-refractivity contribution in [1.82, 2.24) is 0 Å². The zero-order chi connectivity index (χ0) is 19.5. The molecule has 0 aromatic heterocycles. The van der Waals surface area contributed by atoms with Crippen molar-refractivity contribution in [3.8, 4) is 11.5 Å². The second-order valence-corrected chi connectivity index (χ2v) is 8.55. The lowest BCUT2D eigenvalue weighted by molar-refractivity contribution is 0.304. The summed E-state index contributed by atoms with van der Waals surface area (Å²) in [5.41, 5.74) is 0. The molecular weight excluding hydrogens is 447 g/mol. The predicted molar refractivity (Wildman–Crippen MR) is 121 cm³/mol. The number of alkyl halides is 2. The molecule has 2 aromatic carbocycles. The Hall–Kier alpha value is -0.640. The molecule has 0 radical (unpaired) electrons. The molecule has 5 heteroatoms. The average molecular weight is 476 g/mol. The lowest BCUT2D eigenvalue weighted by atomic mass is 10.1. The molecule has 0 bridgehead atoms. The molecule has 0 saturated heterocycles. The van der Waals surface area contributed by atoms with E-state index in [4.69, 9.17) is 32.7 Å². The number of fused-ring (bicyclic) bond motifs is 1. The van der Waals surface area contributed by atoms with Crippen LogP contribution in [0.15, 0.2) is 30.3 Å². The van der Waals surface area contributed by atoms with Crippen LogP contribution in [0.1, 0.15) is 51.9 Å². The van der Waals surface area contributed by atoms with Crippen molar-refractivity contribution in [3.05, 3.63) is 35.4 Å². The molecule has 150 valence electrons.